The van der Waals surface area contributed by atoms with Crippen molar-refractivity contribution in [3.63, 3.8) is 0 Å². The molecule has 1 aromatic carbocycles. The molecule has 1 atom stereocenters. The van der Waals surface area contributed by atoms with Crippen LogP contribution >= 0.6 is 0 Å². The number of carbonyl (C=O) groups excluding carboxylic acids is 1. The van der Waals surface area contributed by atoms with Gasteiger partial charge in [0.1, 0.15) is 5.56 Å². The third kappa shape index (κ3) is 2.50. The van der Waals surface area contributed by atoms with E-state index in [-0.39, 0.29) is 11.5 Å². The maximum atomic E-state index is 12.9. The topological polar surface area (TPSA) is 75.2 Å². The minimum Gasteiger partial charge on any atom is -0.308 e. The highest BCUT2D eigenvalue weighted by Crippen LogP contribution is 2.37. The molecule has 3 rings (SSSR count). The second kappa shape index (κ2) is 5.53. The summed E-state index contributed by atoms with van der Waals surface area (Å²) in [4.78, 5) is 40.2. The Kier molecular flexibility index (Phi) is 3.67. The standard InChI is InChI=1S/C17H19N3O3/c1-10-7-8-20(14-11(2)5-4-6-12(10)14)16(22)13-9-19(3)17(23)18-15(13)21/h4-6,9-10H,7-8H2,1-3H3,(H,18,21,23). The van der Waals surface area contributed by atoms with E-state index in [1.165, 1.54) is 17.8 Å². The van der Waals surface area contributed by atoms with E-state index in [0.29, 0.717) is 12.5 Å². The number of nitrogens with zero attached hydrogens (tertiary/aromatic N) is 2. The van der Waals surface area contributed by atoms with Gasteiger partial charge in [-0.05, 0) is 30.4 Å². The molecule has 1 aliphatic heterocycles. The lowest BCUT2D eigenvalue weighted by Gasteiger charge is -2.34. The number of para-hydroxylation sites is 1. The quantitative estimate of drug-likeness (QED) is 0.867. The normalized spacial score (nSPS) is 17.0. The molecule has 1 N–H and O–H groups in total. The van der Waals surface area contributed by atoms with E-state index in [0.717, 1.165) is 23.2 Å². The summed E-state index contributed by atoms with van der Waals surface area (Å²) in [6.07, 6.45) is 2.14. The molecule has 0 saturated heterocycles. The van der Waals surface area contributed by atoms with Crippen molar-refractivity contribution in [1.82, 2.24) is 9.55 Å². The summed E-state index contributed by atoms with van der Waals surface area (Å²) in [5.74, 6) is -0.00309. The molecule has 0 aliphatic carbocycles. The lowest BCUT2D eigenvalue weighted by Crippen LogP contribution is -2.41. The molecular weight excluding hydrogens is 294 g/mol. The first-order valence-corrected chi connectivity index (χ1v) is 7.61. The van der Waals surface area contributed by atoms with Crippen LogP contribution in [0.2, 0.25) is 0 Å². The van der Waals surface area contributed by atoms with Crippen LogP contribution in [0.5, 0.6) is 0 Å². The van der Waals surface area contributed by atoms with Gasteiger partial charge in [0, 0.05) is 19.8 Å². The fraction of sp³-hybridized carbons (Fsp3) is 0.353. The molecule has 0 saturated carbocycles. The SMILES string of the molecule is Cc1cccc2c1N(C(=O)c1cn(C)c(=O)[nH]c1=O)CCC2C. The number of hydrogen-bond acceptors (Lipinski definition) is 3. The number of H-pyrrole nitrogens is 1. The fourth-order valence-corrected chi connectivity index (χ4v) is 3.10. The van der Waals surface area contributed by atoms with E-state index in [2.05, 4.69) is 11.9 Å². The van der Waals surface area contributed by atoms with Crippen molar-refractivity contribution in [3.8, 4) is 0 Å². The highest BCUT2D eigenvalue weighted by molar-refractivity contribution is 6.06. The van der Waals surface area contributed by atoms with Gasteiger partial charge in [0.15, 0.2) is 0 Å². The number of aromatic amines is 1. The van der Waals surface area contributed by atoms with Crippen LogP contribution in [-0.4, -0.2) is 22.0 Å². The van der Waals surface area contributed by atoms with Crippen LogP contribution in [0, 0.1) is 6.92 Å². The molecule has 0 fully saturated rings. The predicted molar refractivity (Wildman–Crippen MR) is 88.2 cm³/mol. The van der Waals surface area contributed by atoms with E-state index >= 15 is 0 Å². The fourth-order valence-electron chi connectivity index (χ4n) is 3.10. The number of benzene rings is 1. The molecule has 1 amide bonds. The minimum absolute atomic E-state index is 0.0177. The van der Waals surface area contributed by atoms with Gasteiger partial charge >= 0.3 is 5.69 Å². The van der Waals surface area contributed by atoms with Crippen LogP contribution in [0.25, 0.3) is 0 Å². The molecule has 0 spiro atoms. The monoisotopic (exact) mass is 313 g/mol. The number of nitrogens with one attached hydrogen (secondary N) is 1. The van der Waals surface area contributed by atoms with Crippen molar-refractivity contribution in [1.29, 1.82) is 0 Å². The molecule has 6 nitrogen and oxygen atoms in total. The summed E-state index contributed by atoms with van der Waals surface area (Å²) < 4.78 is 1.21. The number of aromatic nitrogens is 2. The second-order valence-corrected chi connectivity index (χ2v) is 6.07. The Morgan fingerprint density at radius 3 is 2.78 bits per heavy atom. The molecular formula is C17H19N3O3. The summed E-state index contributed by atoms with van der Waals surface area (Å²) in [6, 6.07) is 5.97. The molecule has 120 valence electrons. The van der Waals surface area contributed by atoms with Gasteiger partial charge in [-0.2, -0.15) is 0 Å². The Bertz CT molecular complexity index is 895. The summed E-state index contributed by atoms with van der Waals surface area (Å²) in [7, 11) is 1.51. The van der Waals surface area contributed by atoms with Crippen molar-refractivity contribution in [2.75, 3.05) is 11.4 Å². The van der Waals surface area contributed by atoms with E-state index in [4.69, 9.17) is 0 Å². The smallest absolute Gasteiger partial charge is 0.308 e. The number of fused-ring (bicyclic) bond motifs is 1. The number of aryl methyl sites for hydroxylation is 2. The summed E-state index contributed by atoms with van der Waals surface area (Å²) >= 11 is 0. The molecule has 2 heterocycles. The highest BCUT2D eigenvalue weighted by Gasteiger charge is 2.29. The van der Waals surface area contributed by atoms with Crippen molar-refractivity contribution < 1.29 is 4.79 Å². The van der Waals surface area contributed by atoms with E-state index in [1.54, 1.807) is 4.90 Å². The van der Waals surface area contributed by atoms with Crippen molar-refractivity contribution >= 4 is 11.6 Å². The van der Waals surface area contributed by atoms with E-state index in [9.17, 15) is 14.4 Å². The Balaban J connectivity index is 2.12. The largest absolute Gasteiger partial charge is 0.328 e. The van der Waals surface area contributed by atoms with Gasteiger partial charge in [0.05, 0.1) is 5.69 Å². The van der Waals surface area contributed by atoms with Crippen molar-refractivity contribution in [2.24, 2.45) is 7.05 Å². The Hall–Kier alpha value is -2.63. The first kappa shape index (κ1) is 15.3. The lowest BCUT2D eigenvalue weighted by atomic mass is 9.89. The zero-order valence-electron chi connectivity index (χ0n) is 13.4. The number of rotatable bonds is 1. The van der Waals surface area contributed by atoms with Gasteiger partial charge in [-0.25, -0.2) is 4.79 Å². The molecule has 2 aromatic rings. The maximum Gasteiger partial charge on any atom is 0.328 e. The molecule has 6 heteroatoms. The summed E-state index contributed by atoms with van der Waals surface area (Å²) in [6.45, 7) is 4.65. The molecule has 23 heavy (non-hydrogen) atoms. The van der Waals surface area contributed by atoms with Gasteiger partial charge in [0.25, 0.3) is 11.5 Å². The van der Waals surface area contributed by atoms with E-state index < -0.39 is 11.2 Å². The average molecular weight is 313 g/mol. The number of hydrogen-bond donors (Lipinski definition) is 1. The zero-order chi connectivity index (χ0) is 16.7. The lowest BCUT2D eigenvalue weighted by molar-refractivity contribution is 0.0981. The van der Waals surface area contributed by atoms with Crippen LogP contribution in [0.1, 0.15) is 40.7 Å². The second-order valence-electron chi connectivity index (χ2n) is 6.07. The van der Waals surface area contributed by atoms with Crippen LogP contribution in [0.4, 0.5) is 5.69 Å². The minimum atomic E-state index is -0.646. The zero-order valence-corrected chi connectivity index (χ0v) is 13.4. The third-order valence-electron chi connectivity index (χ3n) is 4.44. The number of carbonyl (C=O) groups is 1. The van der Waals surface area contributed by atoms with Gasteiger partial charge in [-0.1, -0.05) is 25.1 Å². The van der Waals surface area contributed by atoms with Crippen LogP contribution < -0.4 is 16.1 Å². The Morgan fingerprint density at radius 1 is 1.30 bits per heavy atom. The highest BCUT2D eigenvalue weighted by atomic mass is 16.2. The Morgan fingerprint density at radius 2 is 2.04 bits per heavy atom. The third-order valence-corrected chi connectivity index (χ3v) is 4.44. The van der Waals surface area contributed by atoms with Crippen LogP contribution in [-0.2, 0) is 7.05 Å². The first-order valence-electron chi connectivity index (χ1n) is 7.61. The summed E-state index contributed by atoms with van der Waals surface area (Å²) in [5.41, 5.74) is 1.80. The molecule has 0 radical (unpaired) electrons. The van der Waals surface area contributed by atoms with Gasteiger partial charge in [-0.15, -0.1) is 0 Å². The molecule has 1 aromatic heterocycles. The summed E-state index contributed by atoms with van der Waals surface area (Å²) in [5, 5.41) is 0. The van der Waals surface area contributed by atoms with Crippen molar-refractivity contribution in [2.45, 2.75) is 26.2 Å². The van der Waals surface area contributed by atoms with E-state index in [1.807, 2.05) is 25.1 Å². The maximum absolute atomic E-state index is 12.9. The van der Waals surface area contributed by atoms with Gasteiger partial charge < -0.3 is 9.47 Å². The number of anilines is 1. The molecule has 1 aliphatic rings. The number of amides is 1. The molecule has 0 bridgehead atoms. The van der Waals surface area contributed by atoms with Crippen LogP contribution in [0.3, 0.4) is 0 Å². The average Bonchev–Trinajstić information content (AvgIpc) is 2.51. The predicted octanol–water partition coefficient (Wildman–Crippen LogP) is 1.54. The van der Waals surface area contributed by atoms with Crippen molar-refractivity contribution in [3.05, 3.63) is 61.9 Å². The molecule has 1 unspecified atom stereocenters. The van der Waals surface area contributed by atoms with Crippen LogP contribution in [0.15, 0.2) is 34.0 Å². The Labute approximate surface area is 133 Å². The van der Waals surface area contributed by atoms with Gasteiger partial charge in [-0.3, -0.25) is 14.6 Å². The first-order chi connectivity index (χ1) is 10.9. The van der Waals surface area contributed by atoms with Gasteiger partial charge in [0.2, 0.25) is 0 Å².